The first-order chi connectivity index (χ1) is 10.0. The summed E-state index contributed by atoms with van der Waals surface area (Å²) in [4.78, 5) is 24.0. The Morgan fingerprint density at radius 1 is 1.14 bits per heavy atom. The minimum absolute atomic E-state index is 0.0772. The molecule has 0 bridgehead atoms. The number of Topliss-reactive ketones (excluding diaryl/α,β-unsaturated/α-hetero) is 2. The van der Waals surface area contributed by atoms with Gasteiger partial charge in [-0.25, -0.2) is 0 Å². The van der Waals surface area contributed by atoms with Gasteiger partial charge in [0.15, 0.2) is 0 Å². The molecule has 21 heavy (non-hydrogen) atoms. The Morgan fingerprint density at radius 2 is 1.81 bits per heavy atom. The predicted molar refractivity (Wildman–Crippen MR) is 79.2 cm³/mol. The first kappa shape index (κ1) is 15.1. The molecule has 0 aliphatic heterocycles. The Hall–Kier alpha value is -2.33. The lowest BCUT2D eigenvalue weighted by Crippen LogP contribution is -2.16. The van der Waals surface area contributed by atoms with Crippen LogP contribution in [0.2, 0.25) is 5.02 Å². The van der Waals surface area contributed by atoms with E-state index < -0.39 is 11.6 Å². The minimum Gasteiger partial charge on any atom is -0.508 e. The summed E-state index contributed by atoms with van der Waals surface area (Å²) in [6, 6.07) is 10.7. The number of hydrogen-bond acceptors (Lipinski definition) is 4. The number of ether oxygens (including phenoxy) is 1. The van der Waals surface area contributed by atoms with E-state index in [0.717, 1.165) is 0 Å². The van der Waals surface area contributed by atoms with Crippen LogP contribution in [0.15, 0.2) is 42.5 Å². The third kappa shape index (κ3) is 3.61. The van der Waals surface area contributed by atoms with Crippen LogP contribution >= 0.6 is 11.6 Å². The fourth-order valence-electron chi connectivity index (χ4n) is 1.84. The maximum Gasteiger partial charge on any atom is 0.228 e. The number of ketones is 2. The van der Waals surface area contributed by atoms with Crippen LogP contribution in [0.1, 0.15) is 15.9 Å². The zero-order chi connectivity index (χ0) is 15.4. The van der Waals surface area contributed by atoms with Gasteiger partial charge < -0.3 is 9.84 Å². The Morgan fingerprint density at radius 3 is 2.38 bits per heavy atom. The molecule has 0 fully saturated rings. The van der Waals surface area contributed by atoms with Gasteiger partial charge in [-0.3, -0.25) is 9.59 Å². The smallest absolute Gasteiger partial charge is 0.228 e. The molecule has 0 saturated carbocycles. The fourth-order valence-corrected chi connectivity index (χ4v) is 1.96. The highest BCUT2D eigenvalue weighted by molar-refractivity contribution is 6.44. The van der Waals surface area contributed by atoms with Gasteiger partial charge in [-0.1, -0.05) is 17.7 Å². The Balaban J connectivity index is 2.14. The lowest BCUT2D eigenvalue weighted by molar-refractivity contribution is -0.114. The van der Waals surface area contributed by atoms with E-state index in [1.54, 1.807) is 24.3 Å². The van der Waals surface area contributed by atoms with Gasteiger partial charge >= 0.3 is 0 Å². The molecule has 0 atom stereocenters. The SMILES string of the molecule is COc1ccc(CC(=O)C(=O)c2ccc(Cl)cc2)c(O)c1. The van der Waals surface area contributed by atoms with Crippen LogP contribution in [-0.4, -0.2) is 23.8 Å². The molecule has 0 spiro atoms. The first-order valence-corrected chi connectivity index (χ1v) is 6.58. The molecule has 108 valence electrons. The van der Waals surface area contributed by atoms with Crippen molar-refractivity contribution in [1.29, 1.82) is 0 Å². The Labute approximate surface area is 126 Å². The normalized spacial score (nSPS) is 10.2. The first-order valence-electron chi connectivity index (χ1n) is 6.20. The van der Waals surface area contributed by atoms with E-state index >= 15 is 0 Å². The quantitative estimate of drug-likeness (QED) is 0.681. The van der Waals surface area contributed by atoms with Crippen LogP contribution in [0.25, 0.3) is 0 Å². The standard InChI is InChI=1S/C16H13ClO4/c1-21-13-7-4-11(14(18)9-13)8-15(19)16(20)10-2-5-12(17)6-3-10/h2-7,9,18H,8H2,1H3. The van der Waals surface area contributed by atoms with Gasteiger partial charge in [0.1, 0.15) is 11.5 Å². The lowest BCUT2D eigenvalue weighted by atomic mass is 10.0. The van der Waals surface area contributed by atoms with Crippen molar-refractivity contribution in [3.05, 3.63) is 58.6 Å². The van der Waals surface area contributed by atoms with Crippen molar-refractivity contribution in [2.45, 2.75) is 6.42 Å². The van der Waals surface area contributed by atoms with Crippen LogP contribution in [-0.2, 0) is 11.2 Å². The van der Waals surface area contributed by atoms with Gasteiger partial charge in [-0.2, -0.15) is 0 Å². The number of halogens is 1. The topological polar surface area (TPSA) is 63.6 Å². The number of benzene rings is 2. The second-order valence-corrected chi connectivity index (χ2v) is 4.87. The summed E-state index contributed by atoms with van der Waals surface area (Å²) in [5.41, 5.74) is 0.653. The average molecular weight is 305 g/mol. The maximum atomic E-state index is 12.0. The number of aromatic hydroxyl groups is 1. The molecule has 0 saturated heterocycles. The van der Waals surface area contributed by atoms with Crippen molar-refractivity contribution in [2.75, 3.05) is 7.11 Å². The maximum absolute atomic E-state index is 12.0. The van der Waals surface area contributed by atoms with E-state index in [9.17, 15) is 14.7 Å². The van der Waals surface area contributed by atoms with E-state index in [4.69, 9.17) is 16.3 Å². The van der Waals surface area contributed by atoms with Crippen molar-refractivity contribution in [1.82, 2.24) is 0 Å². The molecule has 0 aromatic heterocycles. The molecule has 0 amide bonds. The van der Waals surface area contributed by atoms with E-state index in [1.165, 1.54) is 25.3 Å². The summed E-state index contributed by atoms with van der Waals surface area (Å²) >= 11 is 5.73. The second-order valence-electron chi connectivity index (χ2n) is 4.43. The van der Waals surface area contributed by atoms with E-state index in [1.807, 2.05) is 0 Å². The number of phenols is 1. The molecule has 4 nitrogen and oxygen atoms in total. The van der Waals surface area contributed by atoms with Crippen LogP contribution in [0.3, 0.4) is 0 Å². The number of hydrogen-bond donors (Lipinski definition) is 1. The lowest BCUT2D eigenvalue weighted by Gasteiger charge is -2.06. The summed E-state index contributed by atoms with van der Waals surface area (Å²) < 4.78 is 4.96. The Bertz CT molecular complexity index is 677. The van der Waals surface area contributed by atoms with Crippen LogP contribution in [0.5, 0.6) is 11.5 Å². The molecule has 0 radical (unpaired) electrons. The predicted octanol–water partition coefficient (Wildman–Crippen LogP) is 3.05. The molecule has 1 N–H and O–H groups in total. The molecule has 0 aliphatic carbocycles. The summed E-state index contributed by atoms with van der Waals surface area (Å²) in [6.45, 7) is 0. The molecule has 0 unspecified atom stereocenters. The molecule has 0 aliphatic rings. The van der Waals surface area contributed by atoms with Crippen molar-refractivity contribution >= 4 is 23.2 Å². The van der Waals surface area contributed by atoms with Gasteiger partial charge in [0, 0.05) is 28.6 Å². The molecule has 2 aromatic rings. The molecule has 5 heteroatoms. The van der Waals surface area contributed by atoms with Crippen LogP contribution < -0.4 is 4.74 Å². The third-order valence-electron chi connectivity index (χ3n) is 3.00. The zero-order valence-electron chi connectivity index (χ0n) is 11.3. The van der Waals surface area contributed by atoms with Gasteiger partial charge in [0.25, 0.3) is 0 Å². The number of carbonyl (C=O) groups is 2. The summed E-state index contributed by atoms with van der Waals surface area (Å²) in [5, 5.41) is 10.3. The number of rotatable bonds is 5. The van der Waals surface area contributed by atoms with Crippen molar-refractivity contribution in [2.24, 2.45) is 0 Å². The van der Waals surface area contributed by atoms with Gasteiger partial charge in [-0.05, 0) is 30.3 Å². The molecule has 2 rings (SSSR count). The van der Waals surface area contributed by atoms with E-state index in [-0.39, 0.29) is 17.7 Å². The zero-order valence-corrected chi connectivity index (χ0v) is 12.1. The highest BCUT2D eigenvalue weighted by atomic mass is 35.5. The highest BCUT2D eigenvalue weighted by Gasteiger charge is 2.18. The number of methoxy groups -OCH3 is 1. The van der Waals surface area contributed by atoms with E-state index in [2.05, 4.69) is 0 Å². The molecule has 0 heterocycles. The summed E-state index contributed by atoms with van der Waals surface area (Å²) in [5.74, 6) is -0.806. The third-order valence-corrected chi connectivity index (χ3v) is 3.26. The van der Waals surface area contributed by atoms with Gasteiger partial charge in [-0.15, -0.1) is 0 Å². The van der Waals surface area contributed by atoms with E-state index in [0.29, 0.717) is 16.3 Å². The largest absolute Gasteiger partial charge is 0.508 e. The fraction of sp³-hybridized carbons (Fsp3) is 0.125. The number of phenolic OH excluding ortho intramolecular Hbond substituents is 1. The average Bonchev–Trinajstić information content (AvgIpc) is 2.49. The molecule has 2 aromatic carbocycles. The van der Waals surface area contributed by atoms with Crippen LogP contribution in [0, 0.1) is 0 Å². The van der Waals surface area contributed by atoms with Gasteiger partial charge in [0.2, 0.25) is 11.6 Å². The molecular weight excluding hydrogens is 292 g/mol. The molecular formula is C16H13ClO4. The monoisotopic (exact) mass is 304 g/mol. The van der Waals surface area contributed by atoms with Crippen molar-refractivity contribution in [3.63, 3.8) is 0 Å². The van der Waals surface area contributed by atoms with Crippen molar-refractivity contribution < 1.29 is 19.4 Å². The Kier molecular flexibility index (Phi) is 4.60. The highest BCUT2D eigenvalue weighted by Crippen LogP contribution is 2.24. The van der Waals surface area contributed by atoms with Crippen molar-refractivity contribution in [3.8, 4) is 11.5 Å². The second kappa shape index (κ2) is 6.41. The number of carbonyl (C=O) groups excluding carboxylic acids is 2. The minimum atomic E-state index is -0.609. The summed E-state index contributed by atoms with van der Waals surface area (Å²) in [7, 11) is 1.48. The van der Waals surface area contributed by atoms with Crippen LogP contribution in [0.4, 0.5) is 0 Å². The summed E-state index contributed by atoms with van der Waals surface area (Å²) in [6.07, 6.45) is -0.169. The van der Waals surface area contributed by atoms with Gasteiger partial charge in [0.05, 0.1) is 7.11 Å².